The summed E-state index contributed by atoms with van der Waals surface area (Å²) < 4.78 is 0. The molecule has 0 N–H and O–H groups in total. The highest BCUT2D eigenvalue weighted by Crippen LogP contribution is 2.31. The molecule has 0 spiro atoms. The Morgan fingerprint density at radius 2 is 1.57 bits per heavy atom. The summed E-state index contributed by atoms with van der Waals surface area (Å²) in [6, 6.07) is 11.7. The summed E-state index contributed by atoms with van der Waals surface area (Å²) in [6.07, 6.45) is 12.4. The second kappa shape index (κ2) is 8.88. The minimum absolute atomic E-state index is 0.337. The number of nitrogens with zero attached hydrogens (tertiary/aromatic N) is 1. The largest absolute Gasteiger partial charge is 0.198 e. The molecule has 1 aliphatic rings. The molecule has 0 radical (unpaired) electrons. The van der Waals surface area contributed by atoms with Gasteiger partial charge in [-0.15, -0.1) is 0 Å². The molecule has 1 aromatic carbocycles. The molecular formula is C20H29N. The second-order valence-electron chi connectivity index (χ2n) is 6.66. The van der Waals surface area contributed by atoms with Crippen molar-refractivity contribution >= 4 is 0 Å². The first-order valence-electron chi connectivity index (χ1n) is 8.79. The first-order chi connectivity index (χ1) is 10.3. The molecule has 0 unspecified atom stereocenters. The molecule has 0 atom stereocenters. The summed E-state index contributed by atoms with van der Waals surface area (Å²) in [5.41, 5.74) is 2.97. The van der Waals surface area contributed by atoms with E-state index in [1.165, 1.54) is 62.5 Å². The van der Waals surface area contributed by atoms with Crippen molar-refractivity contribution in [3.63, 3.8) is 0 Å². The first kappa shape index (κ1) is 16.1. The van der Waals surface area contributed by atoms with Gasteiger partial charge in [-0.3, -0.25) is 0 Å². The van der Waals surface area contributed by atoms with E-state index in [2.05, 4.69) is 37.3 Å². The zero-order valence-electron chi connectivity index (χ0n) is 13.5. The van der Waals surface area contributed by atoms with E-state index < -0.39 is 0 Å². The molecule has 2 rings (SSSR count). The Kier molecular flexibility index (Phi) is 6.80. The predicted octanol–water partition coefficient (Wildman–Crippen LogP) is 5.68. The Bertz CT molecular complexity index is 432. The topological polar surface area (TPSA) is 23.8 Å². The smallest absolute Gasteiger partial charge is 0.0655 e. The van der Waals surface area contributed by atoms with Gasteiger partial charge < -0.3 is 0 Å². The van der Waals surface area contributed by atoms with Gasteiger partial charge in [0.1, 0.15) is 0 Å². The van der Waals surface area contributed by atoms with Crippen molar-refractivity contribution in [2.75, 3.05) is 0 Å². The fraction of sp³-hybridized carbons (Fsp3) is 0.650. The normalized spacial score (nSPS) is 21.9. The monoisotopic (exact) mass is 283 g/mol. The van der Waals surface area contributed by atoms with Crippen molar-refractivity contribution in [3.8, 4) is 6.07 Å². The fourth-order valence-corrected chi connectivity index (χ4v) is 3.40. The molecule has 1 saturated carbocycles. The minimum Gasteiger partial charge on any atom is -0.198 e. The summed E-state index contributed by atoms with van der Waals surface area (Å²) in [5.74, 6) is 1.18. The molecule has 0 aromatic heterocycles. The average Bonchev–Trinajstić information content (AvgIpc) is 2.55. The Morgan fingerprint density at radius 3 is 2.14 bits per heavy atom. The fourth-order valence-electron chi connectivity index (χ4n) is 3.40. The minimum atomic E-state index is 0.337. The van der Waals surface area contributed by atoms with E-state index in [-0.39, 0.29) is 0 Å². The lowest BCUT2D eigenvalue weighted by Gasteiger charge is -2.24. The summed E-state index contributed by atoms with van der Waals surface area (Å²) in [7, 11) is 0. The van der Waals surface area contributed by atoms with Crippen LogP contribution in [0.1, 0.15) is 69.4 Å². The van der Waals surface area contributed by atoms with Gasteiger partial charge in [0.25, 0.3) is 0 Å². The lowest BCUT2D eigenvalue weighted by atomic mass is 9.80. The van der Waals surface area contributed by atoms with Crippen LogP contribution < -0.4 is 0 Å². The third-order valence-electron chi connectivity index (χ3n) is 4.96. The highest BCUT2D eigenvalue weighted by molar-refractivity contribution is 5.22. The number of rotatable bonds is 7. The standard InChI is InChI=1S/C20H29N/c1-2-3-4-5-17-6-8-18(9-7-17)10-11-19-12-14-20(16-21)15-13-19/h6-9,19-20H,2-5,10-15H2,1H3. The Labute approximate surface area is 130 Å². The van der Waals surface area contributed by atoms with Crippen molar-refractivity contribution in [1.82, 2.24) is 0 Å². The third kappa shape index (κ3) is 5.54. The predicted molar refractivity (Wildman–Crippen MR) is 89.1 cm³/mol. The van der Waals surface area contributed by atoms with Crippen LogP contribution in [0.3, 0.4) is 0 Å². The number of aryl methyl sites for hydroxylation is 2. The van der Waals surface area contributed by atoms with Gasteiger partial charge in [0.05, 0.1) is 6.07 Å². The average molecular weight is 283 g/mol. The molecule has 0 heterocycles. The molecule has 0 amide bonds. The van der Waals surface area contributed by atoms with Crippen molar-refractivity contribution < 1.29 is 0 Å². The number of benzene rings is 1. The van der Waals surface area contributed by atoms with E-state index in [4.69, 9.17) is 5.26 Å². The molecule has 1 aliphatic carbocycles. The van der Waals surface area contributed by atoms with E-state index in [1.807, 2.05) is 0 Å². The van der Waals surface area contributed by atoms with Gasteiger partial charge in [-0.1, -0.05) is 44.0 Å². The summed E-state index contributed by atoms with van der Waals surface area (Å²) in [5, 5.41) is 8.94. The first-order valence-corrected chi connectivity index (χ1v) is 8.79. The molecule has 0 saturated heterocycles. The van der Waals surface area contributed by atoms with Gasteiger partial charge in [-0.2, -0.15) is 5.26 Å². The van der Waals surface area contributed by atoms with Gasteiger partial charge in [-0.25, -0.2) is 0 Å². The molecule has 1 heteroatoms. The third-order valence-corrected chi connectivity index (χ3v) is 4.96. The SMILES string of the molecule is CCCCCc1ccc(CCC2CCC(C#N)CC2)cc1. The molecule has 0 aliphatic heterocycles. The Hall–Kier alpha value is -1.29. The van der Waals surface area contributed by atoms with Crippen molar-refractivity contribution in [1.29, 1.82) is 5.26 Å². The van der Waals surface area contributed by atoms with E-state index in [0.717, 1.165) is 18.8 Å². The van der Waals surface area contributed by atoms with Crippen LogP contribution >= 0.6 is 0 Å². The number of nitriles is 1. The maximum atomic E-state index is 8.94. The molecule has 1 nitrogen and oxygen atoms in total. The zero-order chi connectivity index (χ0) is 14.9. The highest BCUT2D eigenvalue weighted by atomic mass is 14.3. The van der Waals surface area contributed by atoms with E-state index in [9.17, 15) is 0 Å². The van der Waals surface area contributed by atoms with Crippen LogP contribution in [-0.2, 0) is 12.8 Å². The van der Waals surface area contributed by atoms with Crippen molar-refractivity contribution in [3.05, 3.63) is 35.4 Å². The quantitative estimate of drug-likeness (QED) is 0.590. The van der Waals surface area contributed by atoms with Crippen LogP contribution in [0.5, 0.6) is 0 Å². The maximum Gasteiger partial charge on any atom is 0.0655 e. The van der Waals surface area contributed by atoms with Gasteiger partial charge in [-0.05, 0) is 68.4 Å². The van der Waals surface area contributed by atoms with Crippen molar-refractivity contribution in [2.24, 2.45) is 11.8 Å². The summed E-state index contributed by atoms with van der Waals surface area (Å²) in [6.45, 7) is 2.26. The Morgan fingerprint density at radius 1 is 0.952 bits per heavy atom. The number of hydrogen-bond donors (Lipinski definition) is 0. The lowest BCUT2D eigenvalue weighted by Crippen LogP contribution is -2.13. The van der Waals surface area contributed by atoms with Gasteiger partial charge >= 0.3 is 0 Å². The molecule has 21 heavy (non-hydrogen) atoms. The van der Waals surface area contributed by atoms with E-state index in [1.54, 1.807) is 0 Å². The van der Waals surface area contributed by atoms with Gasteiger partial charge in [0.15, 0.2) is 0 Å². The van der Waals surface area contributed by atoms with Crippen LogP contribution in [0.4, 0.5) is 0 Å². The molecule has 0 bridgehead atoms. The van der Waals surface area contributed by atoms with Gasteiger partial charge in [0, 0.05) is 5.92 Å². The van der Waals surface area contributed by atoms with Gasteiger partial charge in [0.2, 0.25) is 0 Å². The summed E-state index contributed by atoms with van der Waals surface area (Å²) in [4.78, 5) is 0. The highest BCUT2D eigenvalue weighted by Gasteiger charge is 2.20. The van der Waals surface area contributed by atoms with E-state index in [0.29, 0.717) is 5.92 Å². The Balaban J connectivity index is 1.70. The van der Waals surface area contributed by atoms with Crippen LogP contribution in [0.25, 0.3) is 0 Å². The zero-order valence-corrected chi connectivity index (χ0v) is 13.5. The molecule has 1 fully saturated rings. The van der Waals surface area contributed by atoms with Crippen LogP contribution in [-0.4, -0.2) is 0 Å². The van der Waals surface area contributed by atoms with Crippen LogP contribution in [0, 0.1) is 23.2 Å². The molecule has 1 aromatic rings. The van der Waals surface area contributed by atoms with Crippen molar-refractivity contribution in [2.45, 2.75) is 71.1 Å². The molecular weight excluding hydrogens is 254 g/mol. The van der Waals surface area contributed by atoms with Crippen LogP contribution in [0.2, 0.25) is 0 Å². The summed E-state index contributed by atoms with van der Waals surface area (Å²) >= 11 is 0. The second-order valence-corrected chi connectivity index (χ2v) is 6.66. The lowest BCUT2D eigenvalue weighted by molar-refractivity contribution is 0.300. The molecule has 114 valence electrons. The van der Waals surface area contributed by atoms with E-state index >= 15 is 0 Å². The number of hydrogen-bond acceptors (Lipinski definition) is 1. The van der Waals surface area contributed by atoms with Crippen LogP contribution in [0.15, 0.2) is 24.3 Å². The maximum absolute atomic E-state index is 8.94. The number of unbranched alkanes of at least 4 members (excludes halogenated alkanes) is 2.